The van der Waals surface area contributed by atoms with E-state index < -0.39 is 10.0 Å². The van der Waals surface area contributed by atoms with E-state index in [1.54, 1.807) is 15.9 Å². The molecule has 0 saturated carbocycles. The summed E-state index contributed by atoms with van der Waals surface area (Å²) < 4.78 is 27.6. The number of benzene rings is 1. The number of aryl methyl sites for hydroxylation is 2. The molecule has 1 aromatic carbocycles. The van der Waals surface area contributed by atoms with Crippen LogP contribution < -0.4 is 0 Å². The van der Waals surface area contributed by atoms with Crippen LogP contribution in [0.5, 0.6) is 0 Å². The Kier molecular flexibility index (Phi) is 5.66. The number of likely N-dealkylation sites (tertiary alicyclic amines) is 1. The minimum absolute atomic E-state index is 0.00718. The van der Waals surface area contributed by atoms with Crippen molar-refractivity contribution >= 4 is 21.8 Å². The molecule has 2 fully saturated rings. The summed E-state index contributed by atoms with van der Waals surface area (Å²) in [5, 5.41) is 0. The third-order valence-electron chi connectivity index (χ3n) is 6.47. The Bertz CT molecular complexity index is 907. The SMILES string of the molecule is CC(=O)N1CCC[C@H](C(=O)N2CCN(S(=O)(=O)c3ccc4c(c3)CCC4)CC2)C1. The van der Waals surface area contributed by atoms with E-state index in [-0.39, 0.29) is 17.7 Å². The first-order valence-corrected chi connectivity index (χ1v) is 12.0. The van der Waals surface area contributed by atoms with E-state index >= 15 is 0 Å². The highest BCUT2D eigenvalue weighted by atomic mass is 32.2. The normalized spacial score (nSPS) is 23.1. The van der Waals surface area contributed by atoms with Crippen molar-refractivity contribution in [2.75, 3.05) is 39.3 Å². The number of amides is 2. The lowest BCUT2D eigenvalue weighted by molar-refractivity contribution is -0.141. The second-order valence-corrected chi connectivity index (χ2v) is 10.3. The molecular formula is C21H29N3O4S. The molecule has 0 aromatic heterocycles. The summed E-state index contributed by atoms with van der Waals surface area (Å²) in [6.07, 6.45) is 4.68. The molecule has 8 heteroatoms. The maximum atomic E-state index is 13.1. The van der Waals surface area contributed by atoms with Gasteiger partial charge in [-0.2, -0.15) is 4.31 Å². The highest BCUT2D eigenvalue weighted by Crippen LogP contribution is 2.27. The number of hydrogen-bond acceptors (Lipinski definition) is 4. The van der Waals surface area contributed by atoms with Gasteiger partial charge >= 0.3 is 0 Å². The Morgan fingerprint density at radius 3 is 2.38 bits per heavy atom. The Balaban J connectivity index is 1.38. The van der Waals surface area contributed by atoms with Crippen LogP contribution in [-0.4, -0.2) is 73.6 Å². The molecular weight excluding hydrogens is 390 g/mol. The molecule has 4 rings (SSSR count). The summed E-state index contributed by atoms with van der Waals surface area (Å²) in [6, 6.07) is 5.49. The molecule has 1 aliphatic carbocycles. The topological polar surface area (TPSA) is 78.0 Å². The molecule has 0 radical (unpaired) electrons. The fourth-order valence-corrected chi connectivity index (χ4v) is 6.20. The maximum Gasteiger partial charge on any atom is 0.243 e. The summed E-state index contributed by atoms with van der Waals surface area (Å²) in [5.41, 5.74) is 2.40. The maximum absolute atomic E-state index is 13.1. The third-order valence-corrected chi connectivity index (χ3v) is 8.37. The van der Waals surface area contributed by atoms with Crippen molar-refractivity contribution < 1.29 is 18.0 Å². The van der Waals surface area contributed by atoms with Gasteiger partial charge in [-0.15, -0.1) is 0 Å². The van der Waals surface area contributed by atoms with E-state index in [2.05, 4.69) is 0 Å². The van der Waals surface area contributed by atoms with E-state index in [0.29, 0.717) is 44.2 Å². The zero-order valence-corrected chi connectivity index (χ0v) is 17.8. The van der Waals surface area contributed by atoms with Crippen LogP contribution in [-0.2, 0) is 32.5 Å². The first-order valence-electron chi connectivity index (χ1n) is 10.5. The van der Waals surface area contributed by atoms with E-state index in [1.807, 2.05) is 12.1 Å². The van der Waals surface area contributed by atoms with Crippen molar-refractivity contribution in [2.45, 2.75) is 43.9 Å². The molecule has 0 bridgehead atoms. The summed E-state index contributed by atoms with van der Waals surface area (Å²) in [4.78, 5) is 28.4. The lowest BCUT2D eigenvalue weighted by atomic mass is 9.96. The lowest BCUT2D eigenvalue weighted by Gasteiger charge is -2.38. The fourth-order valence-electron chi connectivity index (χ4n) is 4.73. The van der Waals surface area contributed by atoms with Gasteiger partial charge in [0.15, 0.2) is 0 Å². The summed E-state index contributed by atoms with van der Waals surface area (Å²) in [7, 11) is -3.54. The van der Waals surface area contributed by atoms with E-state index in [4.69, 9.17) is 0 Å². The van der Waals surface area contributed by atoms with Gasteiger partial charge < -0.3 is 9.80 Å². The number of piperazine rings is 1. The smallest absolute Gasteiger partial charge is 0.243 e. The van der Waals surface area contributed by atoms with Crippen LogP contribution >= 0.6 is 0 Å². The Morgan fingerprint density at radius 1 is 0.931 bits per heavy atom. The van der Waals surface area contributed by atoms with Crippen LogP contribution in [0.15, 0.2) is 23.1 Å². The minimum Gasteiger partial charge on any atom is -0.342 e. The molecule has 2 saturated heterocycles. The minimum atomic E-state index is -3.54. The van der Waals surface area contributed by atoms with Crippen molar-refractivity contribution in [1.82, 2.24) is 14.1 Å². The number of sulfonamides is 1. The number of rotatable bonds is 3. The van der Waals surface area contributed by atoms with Gasteiger partial charge in [-0.1, -0.05) is 6.07 Å². The van der Waals surface area contributed by atoms with Gasteiger partial charge in [0.05, 0.1) is 10.8 Å². The second-order valence-electron chi connectivity index (χ2n) is 8.32. The summed E-state index contributed by atoms with van der Waals surface area (Å²) in [5.74, 6) is -0.120. The second kappa shape index (κ2) is 8.07. The van der Waals surface area contributed by atoms with Crippen molar-refractivity contribution in [3.8, 4) is 0 Å². The molecule has 7 nitrogen and oxygen atoms in total. The monoisotopic (exact) mass is 419 g/mol. The van der Waals surface area contributed by atoms with Crippen LogP contribution in [0.25, 0.3) is 0 Å². The van der Waals surface area contributed by atoms with E-state index in [9.17, 15) is 18.0 Å². The molecule has 0 unspecified atom stereocenters. The zero-order chi connectivity index (χ0) is 20.6. The highest BCUT2D eigenvalue weighted by Gasteiger charge is 2.34. The lowest BCUT2D eigenvalue weighted by Crippen LogP contribution is -2.53. The Morgan fingerprint density at radius 2 is 1.66 bits per heavy atom. The molecule has 2 amide bonds. The molecule has 29 heavy (non-hydrogen) atoms. The Hall–Kier alpha value is -1.93. The van der Waals surface area contributed by atoms with Gasteiger partial charge in [-0.05, 0) is 55.4 Å². The molecule has 0 N–H and O–H groups in total. The van der Waals surface area contributed by atoms with Crippen molar-refractivity contribution in [3.63, 3.8) is 0 Å². The quantitative estimate of drug-likeness (QED) is 0.739. The Labute approximate surface area is 172 Å². The van der Waals surface area contributed by atoms with Crippen molar-refractivity contribution in [2.24, 2.45) is 5.92 Å². The van der Waals surface area contributed by atoms with Gasteiger partial charge in [0.2, 0.25) is 21.8 Å². The predicted octanol–water partition coefficient (Wildman–Crippen LogP) is 1.27. The average molecular weight is 420 g/mol. The number of fused-ring (bicyclic) bond motifs is 1. The third kappa shape index (κ3) is 4.05. The number of carbonyl (C=O) groups excluding carboxylic acids is 2. The van der Waals surface area contributed by atoms with Gasteiger partial charge in [-0.3, -0.25) is 9.59 Å². The first kappa shape index (κ1) is 20.3. The predicted molar refractivity (Wildman–Crippen MR) is 109 cm³/mol. The molecule has 1 aromatic rings. The fraction of sp³-hybridized carbons (Fsp3) is 0.619. The zero-order valence-electron chi connectivity index (χ0n) is 17.0. The number of hydrogen-bond donors (Lipinski definition) is 0. The van der Waals surface area contributed by atoms with Crippen LogP contribution in [0, 0.1) is 5.92 Å². The van der Waals surface area contributed by atoms with Crippen molar-refractivity contribution in [1.29, 1.82) is 0 Å². The molecule has 158 valence electrons. The van der Waals surface area contributed by atoms with Gasteiger partial charge in [0.25, 0.3) is 0 Å². The first-order chi connectivity index (χ1) is 13.9. The van der Waals surface area contributed by atoms with E-state index in [1.165, 1.54) is 16.8 Å². The van der Waals surface area contributed by atoms with E-state index in [0.717, 1.165) is 37.7 Å². The molecule has 1 atom stereocenters. The highest BCUT2D eigenvalue weighted by molar-refractivity contribution is 7.89. The van der Waals surface area contributed by atoms with Crippen LogP contribution in [0.1, 0.15) is 37.3 Å². The average Bonchev–Trinajstić information content (AvgIpc) is 3.21. The number of piperidine rings is 1. The van der Waals surface area contributed by atoms with Crippen LogP contribution in [0.2, 0.25) is 0 Å². The van der Waals surface area contributed by atoms with Crippen LogP contribution in [0.4, 0.5) is 0 Å². The summed E-state index contributed by atoms with van der Waals surface area (Å²) >= 11 is 0. The standard InChI is InChI=1S/C21H29N3O4S/c1-16(25)23-9-3-6-19(15-23)21(26)22-10-12-24(13-11-22)29(27,28)20-8-7-17-4-2-5-18(17)14-20/h7-8,14,19H,2-6,9-13,15H2,1H3/t19-/m0/s1. The number of carbonyl (C=O) groups is 2. The molecule has 0 spiro atoms. The van der Waals surface area contributed by atoms with Gasteiger partial charge in [-0.25, -0.2) is 8.42 Å². The van der Waals surface area contributed by atoms with Gasteiger partial charge in [0.1, 0.15) is 0 Å². The molecule has 2 heterocycles. The van der Waals surface area contributed by atoms with Crippen LogP contribution in [0.3, 0.4) is 0 Å². The molecule has 2 aliphatic heterocycles. The molecule has 3 aliphatic rings. The largest absolute Gasteiger partial charge is 0.342 e. The van der Waals surface area contributed by atoms with Crippen molar-refractivity contribution in [3.05, 3.63) is 29.3 Å². The summed E-state index contributed by atoms with van der Waals surface area (Å²) in [6.45, 7) is 4.16. The number of nitrogens with zero attached hydrogens (tertiary/aromatic N) is 3. The van der Waals surface area contributed by atoms with Gasteiger partial charge in [0, 0.05) is 46.2 Å².